The molecule has 0 radical (unpaired) electrons. The molecule has 6 aromatic rings. The molecule has 3 heteroatoms. The molecule has 39 heavy (non-hydrogen) atoms. The van der Waals surface area contributed by atoms with Gasteiger partial charge in [0.2, 0.25) is 11.2 Å². The second-order valence-corrected chi connectivity index (χ2v) is 10.9. The van der Waals surface area contributed by atoms with E-state index in [2.05, 4.69) is 78.0 Å². The quantitative estimate of drug-likeness (QED) is 0.172. The highest BCUT2D eigenvalue weighted by atomic mass is 16.3. The van der Waals surface area contributed by atoms with Gasteiger partial charge in [-0.05, 0) is 48.4 Å². The molecule has 0 spiro atoms. The van der Waals surface area contributed by atoms with Crippen molar-refractivity contribution < 1.29 is 8.98 Å². The van der Waals surface area contributed by atoms with Crippen molar-refractivity contribution in [3.8, 4) is 22.4 Å². The lowest BCUT2D eigenvalue weighted by Crippen LogP contribution is -2.33. The Labute approximate surface area is 229 Å². The summed E-state index contributed by atoms with van der Waals surface area (Å²) in [6, 6.07) is 29.8. The van der Waals surface area contributed by atoms with Gasteiger partial charge in [-0.15, -0.1) is 0 Å². The van der Waals surface area contributed by atoms with E-state index in [9.17, 15) is 0 Å². The lowest BCUT2D eigenvalue weighted by molar-refractivity contribution is -0.633. The number of furan rings is 1. The maximum atomic E-state index is 7.86. The van der Waals surface area contributed by atoms with Crippen LogP contribution in [0.2, 0.25) is 0 Å². The van der Waals surface area contributed by atoms with Crippen LogP contribution in [0.5, 0.6) is 0 Å². The molecule has 2 aromatic heterocycles. The predicted octanol–water partition coefficient (Wildman–Crippen LogP) is 9.80. The second-order valence-electron chi connectivity index (χ2n) is 10.9. The zero-order chi connectivity index (χ0) is 26.5. The number of benzene rings is 4. The normalized spacial score (nSPS) is 14.3. The van der Waals surface area contributed by atoms with Crippen molar-refractivity contribution in [3.05, 3.63) is 107 Å². The Bertz CT molecular complexity index is 1920. The molecule has 0 bridgehead atoms. The summed E-state index contributed by atoms with van der Waals surface area (Å²) in [6.07, 6.45) is 6.46. The summed E-state index contributed by atoms with van der Waals surface area (Å²) in [6.45, 7) is 10.0. The Morgan fingerprint density at radius 3 is 2.23 bits per heavy atom. The van der Waals surface area contributed by atoms with E-state index in [0.717, 1.165) is 38.6 Å². The molecule has 0 unspecified atom stereocenters. The first-order chi connectivity index (χ1) is 19.2. The summed E-state index contributed by atoms with van der Waals surface area (Å²) in [5.74, 6) is 0.588. The van der Waals surface area contributed by atoms with Crippen molar-refractivity contribution >= 4 is 38.5 Å². The first-order valence-corrected chi connectivity index (χ1v) is 14.0. The molecule has 4 aromatic carbocycles. The van der Waals surface area contributed by atoms with Gasteiger partial charge in [-0.25, -0.2) is 4.85 Å². The Hall–Kier alpha value is -4.42. The number of fused-ring (bicyclic) bond motifs is 4. The lowest BCUT2D eigenvalue weighted by Gasteiger charge is -2.23. The molecule has 3 nitrogen and oxygen atoms in total. The van der Waals surface area contributed by atoms with Crippen LogP contribution >= 0.6 is 0 Å². The third-order valence-corrected chi connectivity index (χ3v) is 8.71. The zero-order valence-corrected chi connectivity index (χ0v) is 22.5. The van der Waals surface area contributed by atoms with Gasteiger partial charge >= 0.3 is 0 Å². The molecule has 2 heterocycles. The topological polar surface area (TPSA) is 21.4 Å². The van der Waals surface area contributed by atoms with E-state index in [4.69, 9.17) is 11.0 Å². The fourth-order valence-electron chi connectivity index (χ4n) is 6.74. The molecular weight excluding hydrogens is 476 g/mol. The van der Waals surface area contributed by atoms with Crippen LogP contribution in [0.25, 0.3) is 60.1 Å². The summed E-state index contributed by atoms with van der Waals surface area (Å²) in [5, 5.41) is 3.50. The third kappa shape index (κ3) is 3.74. The number of para-hydroxylation sites is 1. The maximum Gasteiger partial charge on any atom is 0.217 e. The van der Waals surface area contributed by atoms with E-state index in [-0.39, 0.29) is 0 Å². The predicted molar refractivity (Wildman–Crippen MR) is 160 cm³/mol. The SMILES string of the molecule is [C-]#[N+]c1ccc2c(oc3c(-c4cc(C5CCCCC5)c5ccccc5[n+]4C)c(C)ccc32)c1-c1ccccc1. The first kappa shape index (κ1) is 23.7. The smallest absolute Gasteiger partial charge is 0.217 e. The van der Waals surface area contributed by atoms with Crippen molar-refractivity contribution in [3.63, 3.8) is 0 Å². The minimum absolute atomic E-state index is 0.588. The van der Waals surface area contributed by atoms with E-state index < -0.39 is 0 Å². The molecule has 0 saturated heterocycles. The van der Waals surface area contributed by atoms with Gasteiger partial charge in [-0.2, -0.15) is 4.57 Å². The number of nitrogens with zero attached hydrogens (tertiary/aromatic N) is 2. The molecule has 1 aliphatic rings. The molecule has 0 atom stereocenters. The van der Waals surface area contributed by atoms with Crippen LogP contribution in [-0.2, 0) is 7.05 Å². The fraction of sp³-hybridized carbons (Fsp3) is 0.222. The van der Waals surface area contributed by atoms with Crippen molar-refractivity contribution in [2.45, 2.75) is 44.9 Å². The second kappa shape index (κ2) is 9.40. The van der Waals surface area contributed by atoms with Crippen LogP contribution in [0.1, 0.15) is 49.1 Å². The van der Waals surface area contributed by atoms with Crippen LogP contribution in [-0.4, -0.2) is 0 Å². The first-order valence-electron chi connectivity index (χ1n) is 14.0. The maximum absolute atomic E-state index is 7.86. The molecule has 1 fully saturated rings. The van der Waals surface area contributed by atoms with Gasteiger partial charge in [0.05, 0.1) is 12.1 Å². The molecule has 0 N–H and O–H groups in total. The van der Waals surface area contributed by atoms with Gasteiger partial charge in [0.15, 0.2) is 5.69 Å². The van der Waals surface area contributed by atoms with Gasteiger partial charge in [0.1, 0.15) is 18.2 Å². The summed E-state index contributed by atoms with van der Waals surface area (Å²) in [5.41, 5.74) is 10.4. The van der Waals surface area contributed by atoms with Crippen molar-refractivity contribution in [1.82, 2.24) is 0 Å². The summed E-state index contributed by atoms with van der Waals surface area (Å²) < 4.78 is 9.18. The van der Waals surface area contributed by atoms with E-state index in [1.165, 1.54) is 59.8 Å². The number of rotatable bonds is 3. The van der Waals surface area contributed by atoms with Crippen molar-refractivity contribution in [1.29, 1.82) is 0 Å². The van der Waals surface area contributed by atoms with Gasteiger partial charge in [0.25, 0.3) is 0 Å². The minimum Gasteiger partial charge on any atom is -0.456 e. The number of hydrogen-bond donors (Lipinski definition) is 0. The zero-order valence-electron chi connectivity index (χ0n) is 22.5. The van der Waals surface area contributed by atoms with Crippen LogP contribution in [0.3, 0.4) is 0 Å². The third-order valence-electron chi connectivity index (χ3n) is 8.71. The number of hydrogen-bond acceptors (Lipinski definition) is 1. The van der Waals surface area contributed by atoms with E-state index in [1.54, 1.807) is 0 Å². The molecule has 0 amide bonds. The molecule has 190 valence electrons. The summed E-state index contributed by atoms with van der Waals surface area (Å²) in [4.78, 5) is 3.86. The average Bonchev–Trinajstić information content (AvgIpc) is 3.36. The monoisotopic (exact) mass is 507 g/mol. The molecule has 1 saturated carbocycles. The molecule has 0 aliphatic heterocycles. The lowest BCUT2D eigenvalue weighted by atomic mass is 9.82. The van der Waals surface area contributed by atoms with E-state index >= 15 is 0 Å². The average molecular weight is 508 g/mol. The van der Waals surface area contributed by atoms with Gasteiger partial charge < -0.3 is 4.42 Å². The number of pyridine rings is 1. The Morgan fingerprint density at radius 2 is 1.46 bits per heavy atom. The largest absolute Gasteiger partial charge is 0.456 e. The Morgan fingerprint density at radius 1 is 0.769 bits per heavy atom. The van der Waals surface area contributed by atoms with Gasteiger partial charge in [-0.1, -0.05) is 86.0 Å². The van der Waals surface area contributed by atoms with Crippen molar-refractivity contribution in [2.75, 3.05) is 0 Å². The van der Waals surface area contributed by atoms with Gasteiger partial charge in [0, 0.05) is 33.9 Å². The minimum atomic E-state index is 0.588. The fourth-order valence-corrected chi connectivity index (χ4v) is 6.74. The highest BCUT2D eigenvalue weighted by Gasteiger charge is 2.28. The van der Waals surface area contributed by atoms with E-state index in [0.29, 0.717) is 11.6 Å². The number of aromatic nitrogens is 1. The Balaban J connectivity index is 1.56. The molecule has 1 aliphatic carbocycles. The van der Waals surface area contributed by atoms with Crippen LogP contribution < -0.4 is 4.57 Å². The highest BCUT2D eigenvalue weighted by Crippen LogP contribution is 2.45. The van der Waals surface area contributed by atoms with Crippen LogP contribution in [0, 0.1) is 13.5 Å². The number of aryl methyl sites for hydroxylation is 2. The standard InChI is InChI=1S/C36H31N2O/c1-23-18-19-27-28-20-21-30(37-2)34(25-14-8-5-9-15-25)36(28)39-35(27)33(23)32-22-29(24-12-6-4-7-13-24)26-16-10-11-17-31(26)38(32)3/h5,8-11,14-22,24H,4,6-7,12-13H2,1,3H3/q+1. The summed E-state index contributed by atoms with van der Waals surface area (Å²) in [7, 11) is 2.18. The van der Waals surface area contributed by atoms with Gasteiger partial charge in [-0.3, -0.25) is 0 Å². The van der Waals surface area contributed by atoms with Crippen LogP contribution in [0.4, 0.5) is 5.69 Å². The molecule has 7 rings (SSSR count). The van der Waals surface area contributed by atoms with E-state index in [1.807, 2.05) is 30.3 Å². The Kier molecular flexibility index (Phi) is 5.71. The molecular formula is C36H31N2O+. The highest BCUT2D eigenvalue weighted by molar-refractivity contribution is 6.15. The van der Waals surface area contributed by atoms with Crippen molar-refractivity contribution in [2.24, 2.45) is 7.05 Å². The van der Waals surface area contributed by atoms with Crippen LogP contribution in [0.15, 0.2) is 89.3 Å². The summed E-state index contributed by atoms with van der Waals surface area (Å²) >= 11 is 0.